The molecule has 0 aliphatic heterocycles. The van der Waals surface area contributed by atoms with Gasteiger partial charge in [0.15, 0.2) is 0 Å². The summed E-state index contributed by atoms with van der Waals surface area (Å²) in [6, 6.07) is 29.9. The minimum Gasteiger partial charge on any atom is -0.494 e. The van der Waals surface area contributed by atoms with Crippen molar-refractivity contribution >= 4 is 0 Å². The van der Waals surface area contributed by atoms with E-state index in [1.165, 1.54) is 67.2 Å². The van der Waals surface area contributed by atoms with E-state index in [9.17, 15) is 0 Å². The summed E-state index contributed by atoms with van der Waals surface area (Å²) in [5.74, 6) is 0.955. The average Bonchev–Trinajstić information content (AvgIpc) is 2.93. The Kier molecular flexibility index (Phi) is 9.73. The molecule has 2 heteroatoms. The van der Waals surface area contributed by atoms with E-state index in [1.807, 2.05) is 6.20 Å². The molecule has 1 aromatic heterocycles. The van der Waals surface area contributed by atoms with Gasteiger partial charge in [0.2, 0.25) is 0 Å². The zero-order chi connectivity index (χ0) is 25.0. The second-order valence-electron chi connectivity index (χ2n) is 9.72. The van der Waals surface area contributed by atoms with Gasteiger partial charge in [-0.2, -0.15) is 0 Å². The molecule has 0 aliphatic carbocycles. The van der Waals surface area contributed by atoms with E-state index >= 15 is 0 Å². The van der Waals surface area contributed by atoms with E-state index in [0.29, 0.717) is 0 Å². The Bertz CT molecular complexity index is 1160. The van der Waals surface area contributed by atoms with Crippen LogP contribution in [-0.4, -0.2) is 11.6 Å². The largest absolute Gasteiger partial charge is 0.494 e. The number of hydrogen-bond acceptors (Lipinski definition) is 2. The van der Waals surface area contributed by atoms with Crippen molar-refractivity contribution in [3.8, 4) is 39.3 Å². The minimum absolute atomic E-state index is 0.804. The van der Waals surface area contributed by atoms with Gasteiger partial charge < -0.3 is 4.74 Å². The van der Waals surface area contributed by atoms with E-state index in [2.05, 4.69) is 98.8 Å². The van der Waals surface area contributed by atoms with Gasteiger partial charge >= 0.3 is 0 Å². The van der Waals surface area contributed by atoms with Crippen LogP contribution in [0.5, 0.6) is 5.75 Å². The van der Waals surface area contributed by atoms with Crippen molar-refractivity contribution in [2.24, 2.45) is 0 Å². The molecular weight excluding hydrogens is 438 g/mol. The zero-order valence-electron chi connectivity index (χ0n) is 21.9. The van der Waals surface area contributed by atoms with Gasteiger partial charge in [-0.1, -0.05) is 124 Å². The van der Waals surface area contributed by atoms with E-state index < -0.39 is 0 Å². The maximum absolute atomic E-state index is 5.96. The predicted molar refractivity (Wildman–Crippen MR) is 153 cm³/mol. The molecule has 1 heterocycles. The van der Waals surface area contributed by atoms with Crippen LogP contribution in [-0.2, 0) is 0 Å². The molecule has 0 radical (unpaired) electrons. The lowest BCUT2D eigenvalue weighted by atomic mass is 10.0. The first-order chi connectivity index (χ1) is 17.7. The summed E-state index contributed by atoms with van der Waals surface area (Å²) < 4.78 is 5.96. The van der Waals surface area contributed by atoms with Gasteiger partial charge in [0, 0.05) is 17.3 Å². The first-order valence-electron chi connectivity index (χ1n) is 13.6. The molecule has 4 rings (SSSR count). The molecule has 3 aromatic carbocycles. The SMILES string of the molecule is CCCCCCCCCCOc1ccc(-c2ccc(-c3ccc(-c4ccc(C)cc4)cn3)cc2)cc1. The molecule has 36 heavy (non-hydrogen) atoms. The molecule has 0 atom stereocenters. The highest BCUT2D eigenvalue weighted by Crippen LogP contribution is 2.27. The molecule has 0 unspecified atom stereocenters. The number of hydrogen-bond donors (Lipinski definition) is 0. The predicted octanol–water partition coefficient (Wildman–Crippen LogP) is 9.91. The van der Waals surface area contributed by atoms with Crippen molar-refractivity contribution in [2.45, 2.75) is 65.2 Å². The number of pyridine rings is 1. The van der Waals surface area contributed by atoms with Crippen LogP contribution in [0.15, 0.2) is 91.1 Å². The fraction of sp³-hybridized carbons (Fsp3) is 0.324. The minimum atomic E-state index is 0.804. The number of rotatable bonds is 13. The summed E-state index contributed by atoms with van der Waals surface area (Å²) >= 11 is 0. The normalized spacial score (nSPS) is 10.9. The summed E-state index contributed by atoms with van der Waals surface area (Å²) in [7, 11) is 0. The van der Waals surface area contributed by atoms with Crippen molar-refractivity contribution in [3.05, 3.63) is 96.7 Å². The molecule has 0 bridgehead atoms. The number of nitrogens with zero attached hydrogens (tertiary/aromatic N) is 1. The maximum atomic E-state index is 5.96. The fourth-order valence-corrected chi connectivity index (χ4v) is 4.48. The smallest absolute Gasteiger partial charge is 0.119 e. The lowest BCUT2D eigenvalue weighted by Gasteiger charge is -2.09. The lowest BCUT2D eigenvalue weighted by molar-refractivity contribution is 0.304. The highest BCUT2D eigenvalue weighted by Gasteiger charge is 2.04. The van der Waals surface area contributed by atoms with Crippen molar-refractivity contribution in [3.63, 3.8) is 0 Å². The molecule has 0 N–H and O–H groups in total. The summed E-state index contributed by atoms with van der Waals surface area (Å²) in [4.78, 5) is 4.71. The zero-order valence-corrected chi connectivity index (χ0v) is 21.9. The van der Waals surface area contributed by atoms with Crippen LogP contribution in [0.4, 0.5) is 0 Å². The third kappa shape index (κ3) is 7.55. The average molecular weight is 478 g/mol. The van der Waals surface area contributed by atoms with Gasteiger partial charge in [0.25, 0.3) is 0 Å². The van der Waals surface area contributed by atoms with Crippen molar-refractivity contribution in [1.29, 1.82) is 0 Å². The topological polar surface area (TPSA) is 22.1 Å². The Balaban J connectivity index is 1.25. The van der Waals surface area contributed by atoms with Crippen LogP contribution in [0.3, 0.4) is 0 Å². The van der Waals surface area contributed by atoms with Crippen LogP contribution in [0, 0.1) is 6.92 Å². The highest BCUT2D eigenvalue weighted by atomic mass is 16.5. The molecule has 0 spiro atoms. The second-order valence-corrected chi connectivity index (χ2v) is 9.72. The monoisotopic (exact) mass is 477 g/mol. The summed E-state index contributed by atoms with van der Waals surface area (Å²) in [6.45, 7) is 5.18. The standard InChI is InChI=1S/C34H39NO/c1-3-4-5-6-7-8-9-10-25-36-33-22-19-29(20-23-33)28-15-17-31(18-16-28)34-24-21-32(26-35-34)30-13-11-27(2)12-14-30/h11-24,26H,3-10,25H2,1-2H3. The quantitative estimate of drug-likeness (QED) is 0.179. The number of aromatic nitrogens is 1. The number of aryl methyl sites for hydroxylation is 1. The van der Waals surface area contributed by atoms with Crippen molar-refractivity contribution in [2.75, 3.05) is 6.61 Å². The van der Waals surface area contributed by atoms with Crippen LogP contribution in [0.2, 0.25) is 0 Å². The first kappa shape index (κ1) is 25.7. The second kappa shape index (κ2) is 13.6. The molecule has 2 nitrogen and oxygen atoms in total. The third-order valence-electron chi connectivity index (χ3n) is 6.78. The van der Waals surface area contributed by atoms with Crippen LogP contribution < -0.4 is 4.74 Å². The number of unbranched alkanes of at least 4 members (excludes halogenated alkanes) is 7. The van der Waals surface area contributed by atoms with Crippen LogP contribution in [0.1, 0.15) is 63.9 Å². The van der Waals surface area contributed by atoms with E-state index in [0.717, 1.165) is 35.6 Å². The highest BCUT2D eigenvalue weighted by molar-refractivity contribution is 5.71. The van der Waals surface area contributed by atoms with Gasteiger partial charge in [0.1, 0.15) is 5.75 Å². The van der Waals surface area contributed by atoms with Gasteiger partial charge in [-0.3, -0.25) is 4.98 Å². The first-order valence-corrected chi connectivity index (χ1v) is 13.6. The Hall–Kier alpha value is -3.39. The van der Waals surface area contributed by atoms with Crippen LogP contribution in [0.25, 0.3) is 33.5 Å². The maximum Gasteiger partial charge on any atom is 0.119 e. The summed E-state index contributed by atoms with van der Waals surface area (Å²) in [5.41, 5.74) is 8.11. The Morgan fingerprint density at radius 3 is 1.64 bits per heavy atom. The van der Waals surface area contributed by atoms with Crippen molar-refractivity contribution < 1.29 is 4.74 Å². The Labute approximate surface area is 217 Å². The fourth-order valence-electron chi connectivity index (χ4n) is 4.48. The molecular formula is C34H39NO. The Morgan fingerprint density at radius 2 is 1.03 bits per heavy atom. The number of ether oxygens (including phenoxy) is 1. The molecule has 0 fully saturated rings. The van der Waals surface area contributed by atoms with E-state index in [-0.39, 0.29) is 0 Å². The molecule has 4 aromatic rings. The molecule has 0 aliphatic rings. The van der Waals surface area contributed by atoms with Gasteiger partial charge in [-0.05, 0) is 48.2 Å². The van der Waals surface area contributed by atoms with Gasteiger partial charge in [-0.15, -0.1) is 0 Å². The molecule has 0 amide bonds. The lowest BCUT2D eigenvalue weighted by Crippen LogP contribution is -1.97. The third-order valence-corrected chi connectivity index (χ3v) is 6.78. The Morgan fingerprint density at radius 1 is 0.528 bits per heavy atom. The van der Waals surface area contributed by atoms with Gasteiger partial charge in [0.05, 0.1) is 12.3 Å². The van der Waals surface area contributed by atoms with Crippen molar-refractivity contribution in [1.82, 2.24) is 4.98 Å². The van der Waals surface area contributed by atoms with E-state index in [4.69, 9.17) is 9.72 Å². The van der Waals surface area contributed by atoms with Gasteiger partial charge in [-0.25, -0.2) is 0 Å². The summed E-state index contributed by atoms with van der Waals surface area (Å²) in [5, 5.41) is 0. The molecule has 0 saturated carbocycles. The molecule has 186 valence electrons. The molecule has 0 saturated heterocycles. The van der Waals surface area contributed by atoms with Crippen LogP contribution >= 0.6 is 0 Å². The number of benzene rings is 3. The van der Waals surface area contributed by atoms with E-state index in [1.54, 1.807) is 0 Å². The summed E-state index contributed by atoms with van der Waals surface area (Å²) in [6.07, 6.45) is 12.5.